The van der Waals surface area contributed by atoms with Crippen LogP contribution >= 0.6 is 0 Å². The Kier molecular flexibility index (Phi) is 4.38. The van der Waals surface area contributed by atoms with E-state index >= 15 is 0 Å². The zero-order valence-electron chi connectivity index (χ0n) is 12.4. The van der Waals surface area contributed by atoms with E-state index in [2.05, 4.69) is 5.32 Å². The summed E-state index contributed by atoms with van der Waals surface area (Å²) < 4.78 is 0. The molecule has 0 aliphatic rings. The van der Waals surface area contributed by atoms with E-state index in [1.807, 2.05) is 31.1 Å². The molecule has 4 nitrogen and oxygen atoms in total. The van der Waals surface area contributed by atoms with Crippen molar-refractivity contribution in [3.8, 4) is 0 Å². The minimum atomic E-state index is -0.194. The number of benzene rings is 2. The predicted molar refractivity (Wildman–Crippen MR) is 85.2 cm³/mol. The van der Waals surface area contributed by atoms with Gasteiger partial charge in [-0.25, -0.2) is 0 Å². The lowest BCUT2D eigenvalue weighted by Gasteiger charge is -2.12. The predicted octanol–water partition coefficient (Wildman–Crippen LogP) is 3.21. The SMILES string of the molecule is CC(=O)c1cccc(NC(=O)c2ccc(N(C)C)cc2)c1. The van der Waals surface area contributed by atoms with Crippen LogP contribution in [-0.4, -0.2) is 25.8 Å². The molecule has 0 spiro atoms. The van der Waals surface area contributed by atoms with Gasteiger partial charge in [-0.15, -0.1) is 0 Å². The number of hydrogen-bond donors (Lipinski definition) is 1. The van der Waals surface area contributed by atoms with Crippen LogP contribution in [-0.2, 0) is 0 Å². The quantitative estimate of drug-likeness (QED) is 0.876. The molecule has 0 fully saturated rings. The Labute approximate surface area is 124 Å². The molecular weight excluding hydrogens is 264 g/mol. The number of ketones is 1. The Morgan fingerprint density at radius 3 is 2.19 bits per heavy atom. The van der Waals surface area contributed by atoms with Gasteiger partial charge in [0.1, 0.15) is 0 Å². The molecule has 2 aromatic rings. The largest absolute Gasteiger partial charge is 0.378 e. The first kappa shape index (κ1) is 14.8. The first-order chi connectivity index (χ1) is 9.97. The molecule has 0 aliphatic heterocycles. The molecule has 0 unspecified atom stereocenters. The van der Waals surface area contributed by atoms with Crippen molar-refractivity contribution in [2.75, 3.05) is 24.3 Å². The highest BCUT2D eigenvalue weighted by atomic mass is 16.1. The minimum absolute atomic E-state index is 0.0264. The van der Waals surface area contributed by atoms with Crippen molar-refractivity contribution >= 4 is 23.1 Å². The summed E-state index contributed by atoms with van der Waals surface area (Å²) in [5, 5.41) is 2.80. The van der Waals surface area contributed by atoms with Crippen LogP contribution in [0.25, 0.3) is 0 Å². The monoisotopic (exact) mass is 282 g/mol. The van der Waals surface area contributed by atoms with E-state index in [-0.39, 0.29) is 11.7 Å². The smallest absolute Gasteiger partial charge is 0.255 e. The summed E-state index contributed by atoms with van der Waals surface area (Å²) in [6.07, 6.45) is 0. The van der Waals surface area contributed by atoms with Crippen LogP contribution < -0.4 is 10.2 Å². The van der Waals surface area contributed by atoms with Crippen molar-refractivity contribution < 1.29 is 9.59 Å². The van der Waals surface area contributed by atoms with Crippen LogP contribution in [0.5, 0.6) is 0 Å². The summed E-state index contributed by atoms with van der Waals surface area (Å²) in [7, 11) is 3.89. The van der Waals surface area contributed by atoms with Gasteiger partial charge < -0.3 is 10.2 Å². The molecule has 0 aromatic heterocycles. The van der Waals surface area contributed by atoms with E-state index in [0.29, 0.717) is 16.8 Å². The first-order valence-electron chi connectivity index (χ1n) is 6.67. The van der Waals surface area contributed by atoms with E-state index < -0.39 is 0 Å². The lowest BCUT2D eigenvalue weighted by molar-refractivity contribution is 0.101. The molecule has 0 radical (unpaired) electrons. The first-order valence-corrected chi connectivity index (χ1v) is 6.67. The summed E-state index contributed by atoms with van der Waals surface area (Å²) in [5.41, 5.74) is 2.80. The fraction of sp³-hybridized carbons (Fsp3) is 0.176. The van der Waals surface area contributed by atoms with Crippen molar-refractivity contribution in [2.24, 2.45) is 0 Å². The number of amides is 1. The third kappa shape index (κ3) is 3.69. The Morgan fingerprint density at radius 2 is 1.62 bits per heavy atom. The Hall–Kier alpha value is -2.62. The Bertz CT molecular complexity index is 661. The standard InChI is InChI=1S/C17H18N2O2/c1-12(20)14-5-4-6-15(11-14)18-17(21)13-7-9-16(10-8-13)19(2)3/h4-11H,1-3H3,(H,18,21). The molecular formula is C17H18N2O2. The number of carbonyl (C=O) groups is 2. The second-order valence-electron chi connectivity index (χ2n) is 5.03. The van der Waals surface area contributed by atoms with Crippen LogP contribution in [0.2, 0.25) is 0 Å². The molecule has 2 rings (SSSR count). The molecule has 108 valence electrons. The fourth-order valence-electron chi connectivity index (χ4n) is 1.93. The molecule has 1 amide bonds. The van der Waals surface area contributed by atoms with E-state index in [9.17, 15) is 9.59 Å². The summed E-state index contributed by atoms with van der Waals surface area (Å²) in [6.45, 7) is 1.50. The maximum atomic E-state index is 12.2. The normalized spacial score (nSPS) is 10.0. The van der Waals surface area contributed by atoms with Crippen LogP contribution in [0.4, 0.5) is 11.4 Å². The van der Waals surface area contributed by atoms with Crippen molar-refractivity contribution in [3.05, 3.63) is 59.7 Å². The van der Waals surface area contributed by atoms with Gasteiger partial charge in [-0.1, -0.05) is 12.1 Å². The summed E-state index contributed by atoms with van der Waals surface area (Å²) in [5.74, 6) is -0.220. The van der Waals surface area contributed by atoms with Crippen LogP contribution in [0.3, 0.4) is 0 Å². The maximum absolute atomic E-state index is 12.2. The average Bonchev–Trinajstić information content (AvgIpc) is 2.47. The Balaban J connectivity index is 2.14. The zero-order valence-corrected chi connectivity index (χ0v) is 12.4. The summed E-state index contributed by atoms with van der Waals surface area (Å²) in [4.78, 5) is 25.5. The lowest BCUT2D eigenvalue weighted by Crippen LogP contribution is -2.13. The van der Waals surface area contributed by atoms with Crippen LogP contribution in [0, 0.1) is 0 Å². The van der Waals surface area contributed by atoms with Gasteiger partial charge in [0, 0.05) is 36.6 Å². The van der Waals surface area contributed by atoms with Crippen molar-refractivity contribution in [1.82, 2.24) is 0 Å². The molecule has 0 saturated heterocycles. The van der Waals surface area contributed by atoms with Gasteiger partial charge in [0.2, 0.25) is 0 Å². The fourth-order valence-corrected chi connectivity index (χ4v) is 1.93. The topological polar surface area (TPSA) is 49.4 Å². The second-order valence-corrected chi connectivity index (χ2v) is 5.03. The number of carbonyl (C=O) groups excluding carboxylic acids is 2. The third-order valence-corrected chi connectivity index (χ3v) is 3.17. The maximum Gasteiger partial charge on any atom is 0.255 e. The molecule has 0 aliphatic carbocycles. The molecule has 0 atom stereocenters. The minimum Gasteiger partial charge on any atom is -0.378 e. The third-order valence-electron chi connectivity index (χ3n) is 3.17. The van der Waals surface area contributed by atoms with Gasteiger partial charge >= 0.3 is 0 Å². The number of anilines is 2. The second kappa shape index (κ2) is 6.22. The Morgan fingerprint density at radius 1 is 0.952 bits per heavy atom. The highest BCUT2D eigenvalue weighted by molar-refractivity contribution is 6.05. The molecule has 0 saturated carbocycles. The van der Waals surface area contributed by atoms with Crippen LogP contribution in [0.1, 0.15) is 27.6 Å². The lowest BCUT2D eigenvalue weighted by atomic mass is 10.1. The van der Waals surface area contributed by atoms with Crippen LogP contribution in [0.15, 0.2) is 48.5 Å². The van der Waals surface area contributed by atoms with Gasteiger partial charge in [0.25, 0.3) is 5.91 Å². The highest BCUT2D eigenvalue weighted by Gasteiger charge is 2.07. The van der Waals surface area contributed by atoms with Gasteiger partial charge in [-0.2, -0.15) is 0 Å². The van der Waals surface area contributed by atoms with Crippen molar-refractivity contribution in [3.63, 3.8) is 0 Å². The van der Waals surface area contributed by atoms with Crippen molar-refractivity contribution in [1.29, 1.82) is 0 Å². The molecule has 0 heterocycles. The van der Waals surface area contributed by atoms with E-state index in [1.54, 1.807) is 36.4 Å². The van der Waals surface area contributed by atoms with Gasteiger partial charge in [0.05, 0.1) is 0 Å². The van der Waals surface area contributed by atoms with Gasteiger partial charge in [-0.3, -0.25) is 9.59 Å². The molecule has 21 heavy (non-hydrogen) atoms. The van der Waals surface area contributed by atoms with Crippen molar-refractivity contribution in [2.45, 2.75) is 6.92 Å². The highest BCUT2D eigenvalue weighted by Crippen LogP contribution is 2.15. The van der Waals surface area contributed by atoms with E-state index in [1.165, 1.54) is 6.92 Å². The summed E-state index contributed by atoms with van der Waals surface area (Å²) in [6, 6.07) is 14.2. The van der Waals surface area contributed by atoms with Gasteiger partial charge in [0.15, 0.2) is 5.78 Å². The number of nitrogens with one attached hydrogen (secondary N) is 1. The summed E-state index contributed by atoms with van der Waals surface area (Å²) >= 11 is 0. The molecule has 0 bridgehead atoms. The van der Waals surface area contributed by atoms with E-state index in [0.717, 1.165) is 5.69 Å². The van der Waals surface area contributed by atoms with E-state index in [4.69, 9.17) is 0 Å². The zero-order chi connectivity index (χ0) is 15.4. The number of Topliss-reactive ketones (excluding diaryl/α,β-unsaturated/α-hetero) is 1. The molecule has 1 N–H and O–H groups in total. The molecule has 2 aromatic carbocycles. The number of nitrogens with zero attached hydrogens (tertiary/aromatic N) is 1. The number of rotatable bonds is 4. The average molecular weight is 282 g/mol. The van der Waals surface area contributed by atoms with Gasteiger partial charge in [-0.05, 0) is 43.3 Å². The molecule has 4 heteroatoms. The number of hydrogen-bond acceptors (Lipinski definition) is 3.